The van der Waals surface area contributed by atoms with Gasteiger partial charge in [-0.2, -0.15) is 9.78 Å². The van der Waals surface area contributed by atoms with E-state index in [-0.39, 0.29) is 22.5 Å². The molecule has 0 aliphatic carbocycles. The van der Waals surface area contributed by atoms with Crippen molar-refractivity contribution < 1.29 is 9.72 Å². The molecule has 0 spiro atoms. The van der Waals surface area contributed by atoms with Crippen molar-refractivity contribution in [1.29, 1.82) is 0 Å². The fraction of sp³-hybridized carbons (Fsp3) is 0.353. The number of anilines is 1. The molecular weight excluding hydrogens is 374 g/mol. The smallest absolute Gasteiger partial charge is 0.292 e. The number of piperidine rings is 1. The molecule has 0 bridgehead atoms. The standard InChI is InChI=1S/C17H18ClN5O4/c18-16-14(21-7-5-11(6-8-21)9-15(19)24)10-20-22(17(16)25)12-1-3-13(4-2-12)23(26)27/h1-4,10-11H,5-9H2,(H2,19,24). The molecule has 1 aromatic heterocycles. The third-order valence-corrected chi connectivity index (χ3v) is 5.01. The Labute approximate surface area is 159 Å². The molecule has 1 aliphatic rings. The fourth-order valence-corrected chi connectivity index (χ4v) is 3.45. The molecule has 1 aromatic carbocycles. The van der Waals surface area contributed by atoms with E-state index in [1.807, 2.05) is 4.90 Å². The van der Waals surface area contributed by atoms with Gasteiger partial charge in [0.1, 0.15) is 5.02 Å². The highest BCUT2D eigenvalue weighted by molar-refractivity contribution is 6.33. The Balaban J connectivity index is 1.80. The molecule has 27 heavy (non-hydrogen) atoms. The van der Waals surface area contributed by atoms with Gasteiger partial charge in [0.25, 0.3) is 11.2 Å². The normalized spacial score (nSPS) is 14.9. The number of rotatable bonds is 5. The minimum Gasteiger partial charge on any atom is -0.370 e. The van der Waals surface area contributed by atoms with Gasteiger partial charge in [0.05, 0.1) is 22.5 Å². The fourth-order valence-electron chi connectivity index (χ4n) is 3.21. The SMILES string of the molecule is NC(=O)CC1CCN(c2cnn(-c3ccc([N+](=O)[O-])cc3)c(=O)c2Cl)CC1. The van der Waals surface area contributed by atoms with Crippen molar-refractivity contribution in [2.75, 3.05) is 18.0 Å². The molecule has 0 radical (unpaired) electrons. The predicted molar refractivity (Wildman–Crippen MR) is 100 cm³/mol. The summed E-state index contributed by atoms with van der Waals surface area (Å²) in [7, 11) is 0. The molecule has 1 aliphatic heterocycles. The molecule has 1 amide bonds. The van der Waals surface area contributed by atoms with Gasteiger partial charge in [0, 0.05) is 31.6 Å². The highest BCUT2D eigenvalue weighted by Gasteiger charge is 2.24. The van der Waals surface area contributed by atoms with E-state index in [1.54, 1.807) is 0 Å². The number of benzene rings is 1. The van der Waals surface area contributed by atoms with Crippen LogP contribution in [0.1, 0.15) is 19.3 Å². The van der Waals surface area contributed by atoms with Crippen LogP contribution in [0.4, 0.5) is 11.4 Å². The minimum absolute atomic E-state index is 0.0386. The molecule has 142 valence electrons. The summed E-state index contributed by atoms with van der Waals surface area (Å²) in [5, 5.41) is 14.9. The third-order valence-electron chi connectivity index (χ3n) is 4.65. The van der Waals surface area contributed by atoms with Crippen LogP contribution in [0, 0.1) is 16.0 Å². The van der Waals surface area contributed by atoms with Gasteiger partial charge in [-0.1, -0.05) is 11.6 Å². The van der Waals surface area contributed by atoms with Crippen LogP contribution in [0.3, 0.4) is 0 Å². The van der Waals surface area contributed by atoms with Crippen molar-refractivity contribution in [1.82, 2.24) is 9.78 Å². The Morgan fingerprint density at radius 2 is 1.93 bits per heavy atom. The van der Waals surface area contributed by atoms with Gasteiger partial charge >= 0.3 is 0 Å². The van der Waals surface area contributed by atoms with Crippen LogP contribution >= 0.6 is 11.6 Å². The molecule has 0 saturated carbocycles. The first-order valence-electron chi connectivity index (χ1n) is 8.42. The second-order valence-corrected chi connectivity index (χ2v) is 6.81. The van der Waals surface area contributed by atoms with Crippen molar-refractivity contribution in [2.24, 2.45) is 11.7 Å². The van der Waals surface area contributed by atoms with Crippen LogP contribution in [-0.2, 0) is 4.79 Å². The van der Waals surface area contributed by atoms with Crippen molar-refractivity contribution >= 4 is 28.9 Å². The molecule has 2 aromatic rings. The Kier molecular flexibility index (Phi) is 5.41. The summed E-state index contributed by atoms with van der Waals surface area (Å²) in [6.45, 7) is 1.31. The van der Waals surface area contributed by atoms with E-state index in [2.05, 4.69) is 5.10 Å². The van der Waals surface area contributed by atoms with Gasteiger partial charge in [0.2, 0.25) is 5.91 Å². The number of halogens is 1. The van der Waals surface area contributed by atoms with Crippen LogP contribution in [-0.4, -0.2) is 33.7 Å². The highest BCUT2D eigenvalue weighted by Crippen LogP contribution is 2.28. The van der Waals surface area contributed by atoms with Crippen LogP contribution in [0.2, 0.25) is 5.02 Å². The maximum atomic E-state index is 12.6. The molecule has 2 heterocycles. The Morgan fingerprint density at radius 3 is 2.48 bits per heavy atom. The first-order chi connectivity index (χ1) is 12.9. The van der Waals surface area contributed by atoms with Gasteiger partial charge in [-0.3, -0.25) is 19.7 Å². The maximum absolute atomic E-state index is 12.6. The molecule has 9 nitrogen and oxygen atoms in total. The lowest BCUT2D eigenvalue weighted by atomic mass is 9.93. The number of carbonyl (C=O) groups is 1. The van der Waals surface area contributed by atoms with Gasteiger partial charge < -0.3 is 10.6 Å². The average molecular weight is 392 g/mol. The maximum Gasteiger partial charge on any atom is 0.292 e. The average Bonchev–Trinajstić information content (AvgIpc) is 2.64. The molecule has 0 atom stereocenters. The molecule has 3 rings (SSSR count). The topological polar surface area (TPSA) is 124 Å². The van der Waals surface area contributed by atoms with E-state index in [9.17, 15) is 19.7 Å². The first kappa shape index (κ1) is 18.8. The number of carbonyl (C=O) groups excluding carboxylic acids is 1. The number of non-ortho nitro benzene ring substituents is 1. The van der Waals surface area contributed by atoms with Crippen LogP contribution in [0.25, 0.3) is 5.69 Å². The number of nitrogens with two attached hydrogens (primary N) is 1. The number of aromatic nitrogens is 2. The van der Waals surface area contributed by atoms with Crippen LogP contribution in [0.5, 0.6) is 0 Å². The van der Waals surface area contributed by atoms with Crippen molar-refractivity contribution in [3.05, 3.63) is 56.0 Å². The summed E-state index contributed by atoms with van der Waals surface area (Å²) >= 11 is 6.29. The van der Waals surface area contributed by atoms with E-state index in [1.165, 1.54) is 30.5 Å². The zero-order valence-corrected chi connectivity index (χ0v) is 15.1. The molecule has 10 heteroatoms. The van der Waals surface area contributed by atoms with E-state index < -0.39 is 10.5 Å². The number of amides is 1. The van der Waals surface area contributed by atoms with Gasteiger partial charge in [0.15, 0.2) is 0 Å². The summed E-state index contributed by atoms with van der Waals surface area (Å²) in [4.78, 5) is 35.8. The number of hydrogen-bond donors (Lipinski definition) is 1. The van der Waals surface area contributed by atoms with Gasteiger partial charge in [-0.05, 0) is 30.9 Å². The quantitative estimate of drug-likeness (QED) is 0.612. The Bertz CT molecular complexity index is 920. The zero-order chi connectivity index (χ0) is 19.6. The second kappa shape index (κ2) is 7.75. The number of primary amides is 1. The summed E-state index contributed by atoms with van der Waals surface area (Å²) < 4.78 is 1.11. The Morgan fingerprint density at radius 1 is 1.30 bits per heavy atom. The van der Waals surface area contributed by atoms with E-state index in [0.29, 0.717) is 30.9 Å². The Hall–Kier alpha value is -2.94. The minimum atomic E-state index is -0.516. The van der Waals surface area contributed by atoms with Gasteiger partial charge in [-0.15, -0.1) is 0 Å². The summed E-state index contributed by atoms with van der Waals surface area (Å²) in [6, 6.07) is 5.49. The largest absolute Gasteiger partial charge is 0.370 e. The summed E-state index contributed by atoms with van der Waals surface area (Å²) in [5.41, 5.74) is 5.60. The lowest BCUT2D eigenvalue weighted by Crippen LogP contribution is -2.36. The highest BCUT2D eigenvalue weighted by atomic mass is 35.5. The molecule has 1 fully saturated rings. The number of hydrogen-bond acceptors (Lipinski definition) is 6. The van der Waals surface area contributed by atoms with Crippen molar-refractivity contribution in [2.45, 2.75) is 19.3 Å². The van der Waals surface area contributed by atoms with Crippen molar-refractivity contribution in [3.63, 3.8) is 0 Å². The molecule has 2 N–H and O–H groups in total. The molecule has 0 unspecified atom stereocenters. The molecule has 1 saturated heterocycles. The monoisotopic (exact) mass is 391 g/mol. The van der Waals surface area contributed by atoms with E-state index in [0.717, 1.165) is 17.5 Å². The molecular formula is C17H18ClN5O4. The lowest BCUT2D eigenvalue weighted by molar-refractivity contribution is -0.384. The third kappa shape index (κ3) is 4.08. The van der Waals surface area contributed by atoms with Crippen LogP contribution in [0.15, 0.2) is 35.3 Å². The summed E-state index contributed by atoms with van der Waals surface area (Å²) in [6.07, 6.45) is 3.44. The van der Waals surface area contributed by atoms with Gasteiger partial charge in [-0.25, -0.2) is 0 Å². The van der Waals surface area contributed by atoms with Crippen LogP contribution < -0.4 is 16.2 Å². The number of nitro groups is 1. The number of nitrogens with zero attached hydrogens (tertiary/aromatic N) is 4. The van der Waals surface area contributed by atoms with Crippen molar-refractivity contribution in [3.8, 4) is 5.69 Å². The number of nitro benzene ring substituents is 1. The van der Waals surface area contributed by atoms with E-state index >= 15 is 0 Å². The predicted octanol–water partition coefficient (Wildman–Crippen LogP) is 1.89. The van der Waals surface area contributed by atoms with E-state index in [4.69, 9.17) is 17.3 Å². The first-order valence-corrected chi connectivity index (χ1v) is 8.80. The lowest BCUT2D eigenvalue weighted by Gasteiger charge is -2.33. The summed E-state index contributed by atoms with van der Waals surface area (Å²) in [5.74, 6) is -0.0650. The zero-order valence-electron chi connectivity index (χ0n) is 14.4. The second-order valence-electron chi connectivity index (χ2n) is 6.44.